The molecule has 1 aliphatic rings. The summed E-state index contributed by atoms with van der Waals surface area (Å²) >= 11 is 0. The average Bonchev–Trinajstić information content (AvgIpc) is 2.59. The summed E-state index contributed by atoms with van der Waals surface area (Å²) < 4.78 is 0. The van der Waals surface area contributed by atoms with Crippen molar-refractivity contribution in [3.63, 3.8) is 0 Å². The fourth-order valence-electron chi connectivity index (χ4n) is 2.69. The van der Waals surface area contributed by atoms with Gasteiger partial charge in [0.2, 0.25) is 0 Å². The third kappa shape index (κ3) is 4.75. The molecule has 0 saturated heterocycles. The van der Waals surface area contributed by atoms with E-state index >= 15 is 0 Å². The molecular formula is C17H20BN3Rb. The number of rotatable bonds is 2. The van der Waals surface area contributed by atoms with Gasteiger partial charge in [0, 0.05) is 20.3 Å². The van der Waals surface area contributed by atoms with Crippen molar-refractivity contribution in [2.75, 3.05) is 18.4 Å². The van der Waals surface area contributed by atoms with Gasteiger partial charge in [0.05, 0.1) is 0 Å². The van der Waals surface area contributed by atoms with Crippen LogP contribution < -0.4 is 63.5 Å². The third-order valence-electron chi connectivity index (χ3n) is 3.81. The quantitative estimate of drug-likeness (QED) is 0.797. The smallest absolute Gasteiger partial charge is 0.661 e. The minimum Gasteiger partial charge on any atom is -0.661 e. The van der Waals surface area contributed by atoms with E-state index in [1.54, 1.807) is 0 Å². The van der Waals surface area contributed by atoms with Crippen molar-refractivity contribution < 1.29 is 58.2 Å². The minimum atomic E-state index is 0. The Kier molecular flexibility index (Phi) is 7.96. The van der Waals surface area contributed by atoms with E-state index in [1.165, 1.54) is 11.1 Å². The zero-order valence-corrected chi connectivity index (χ0v) is 18.6. The fourth-order valence-corrected chi connectivity index (χ4v) is 2.69. The van der Waals surface area contributed by atoms with Crippen LogP contribution in [0.25, 0.3) is 5.32 Å². The maximum absolute atomic E-state index is 4.60. The molecular weight excluding hydrogens is 342 g/mol. The second-order valence-electron chi connectivity index (χ2n) is 5.96. The van der Waals surface area contributed by atoms with Gasteiger partial charge in [-0.2, -0.15) is 0 Å². The second kappa shape index (κ2) is 8.74. The van der Waals surface area contributed by atoms with Crippen LogP contribution in [0, 0.1) is 0 Å². The van der Waals surface area contributed by atoms with E-state index in [9.17, 15) is 0 Å². The maximum Gasteiger partial charge on any atom is 1.00 e. The van der Waals surface area contributed by atoms with E-state index in [0.29, 0.717) is 0 Å². The number of hydrogen-bond acceptors (Lipinski definition) is 2. The van der Waals surface area contributed by atoms with Crippen LogP contribution in [0.4, 0.5) is 11.5 Å². The Hall–Kier alpha value is 0.000130. The van der Waals surface area contributed by atoms with E-state index in [0.717, 1.165) is 31.0 Å². The van der Waals surface area contributed by atoms with Gasteiger partial charge in [-0.25, -0.2) is 4.98 Å². The standard InChI is InChI=1S/C17H20N3.B.Rb/c1-17(2)12-18-9-8-13-10-16(19-11-15(13)17)20-14-6-4-3-5-7-14;;/h3-7,10-11H,8-9,12H2,1-2H3,(H,19,20);;/q-1;;+1. The summed E-state index contributed by atoms with van der Waals surface area (Å²) in [6.07, 6.45) is 3.02. The normalized spacial score (nSPS) is 15.5. The van der Waals surface area contributed by atoms with Crippen molar-refractivity contribution in [2.45, 2.75) is 25.7 Å². The summed E-state index contributed by atoms with van der Waals surface area (Å²) in [6.45, 7) is 6.28. The van der Waals surface area contributed by atoms with Crippen molar-refractivity contribution in [1.29, 1.82) is 0 Å². The zero-order valence-electron chi connectivity index (χ0n) is 13.6. The van der Waals surface area contributed by atoms with Crippen LogP contribution in [0.15, 0.2) is 42.6 Å². The van der Waals surface area contributed by atoms with E-state index in [-0.39, 0.29) is 72.0 Å². The van der Waals surface area contributed by atoms with Crippen LogP contribution in [-0.2, 0) is 11.8 Å². The molecule has 1 aromatic carbocycles. The van der Waals surface area contributed by atoms with E-state index < -0.39 is 0 Å². The molecule has 2 aromatic rings. The van der Waals surface area contributed by atoms with Gasteiger partial charge in [-0.05, 0) is 41.2 Å². The Morgan fingerprint density at radius 2 is 1.91 bits per heavy atom. The zero-order chi connectivity index (χ0) is 14.0. The number of pyridine rings is 1. The van der Waals surface area contributed by atoms with Gasteiger partial charge in [0.15, 0.2) is 0 Å². The summed E-state index contributed by atoms with van der Waals surface area (Å²) in [5.74, 6) is 0.910. The van der Waals surface area contributed by atoms with Crippen LogP contribution in [0.1, 0.15) is 25.0 Å². The van der Waals surface area contributed by atoms with E-state index in [2.05, 4.69) is 35.5 Å². The van der Waals surface area contributed by atoms with Gasteiger partial charge in [-0.1, -0.05) is 32.0 Å². The molecule has 0 amide bonds. The largest absolute Gasteiger partial charge is 1.00 e. The monoisotopic (exact) mass is 362 g/mol. The van der Waals surface area contributed by atoms with Gasteiger partial charge in [0.1, 0.15) is 5.82 Å². The molecule has 22 heavy (non-hydrogen) atoms. The number of fused-ring (bicyclic) bond motifs is 1. The van der Waals surface area contributed by atoms with Gasteiger partial charge < -0.3 is 10.6 Å². The SMILES string of the molecule is CC1(C)C[N-]CCc2cc(Nc3ccccc3)ncc21.[B].[Rb+]. The van der Waals surface area contributed by atoms with Gasteiger partial charge in [-0.15, -0.1) is 13.1 Å². The number of anilines is 2. The first-order valence-electron chi connectivity index (χ1n) is 7.10. The molecule has 1 aliphatic heterocycles. The average molecular weight is 363 g/mol. The Morgan fingerprint density at radius 3 is 2.64 bits per heavy atom. The molecule has 0 fully saturated rings. The Labute approximate surface area is 184 Å². The number of nitrogens with one attached hydrogen (secondary N) is 1. The molecule has 0 aliphatic carbocycles. The number of aromatic nitrogens is 1. The van der Waals surface area contributed by atoms with Crippen molar-refractivity contribution in [3.05, 3.63) is 59.0 Å². The molecule has 107 valence electrons. The third-order valence-corrected chi connectivity index (χ3v) is 3.81. The number of nitrogens with zero attached hydrogens (tertiary/aromatic N) is 2. The van der Waals surface area contributed by atoms with Crippen LogP contribution in [0.5, 0.6) is 0 Å². The topological polar surface area (TPSA) is 39.0 Å². The number of hydrogen-bond donors (Lipinski definition) is 1. The number of para-hydroxylation sites is 1. The Bertz CT molecular complexity index is 602. The predicted octanol–water partition coefficient (Wildman–Crippen LogP) is 0.656. The fraction of sp³-hybridized carbons (Fsp3) is 0.353. The van der Waals surface area contributed by atoms with Crippen molar-refractivity contribution in [3.8, 4) is 0 Å². The second-order valence-corrected chi connectivity index (χ2v) is 5.96. The predicted molar refractivity (Wildman–Crippen MR) is 89.5 cm³/mol. The van der Waals surface area contributed by atoms with E-state index in [1.807, 2.05) is 36.5 Å². The van der Waals surface area contributed by atoms with E-state index in [4.69, 9.17) is 0 Å². The first-order chi connectivity index (χ1) is 9.65. The first-order valence-corrected chi connectivity index (χ1v) is 7.10. The summed E-state index contributed by atoms with van der Waals surface area (Å²) in [6, 6.07) is 12.3. The Balaban J connectivity index is 0.00000121. The molecule has 5 heteroatoms. The van der Waals surface area contributed by atoms with Crippen molar-refractivity contribution in [2.24, 2.45) is 0 Å². The van der Waals surface area contributed by atoms with Crippen LogP contribution >= 0.6 is 0 Å². The molecule has 0 spiro atoms. The maximum atomic E-state index is 4.60. The summed E-state index contributed by atoms with van der Waals surface area (Å²) in [5, 5.41) is 7.96. The number of benzene rings is 1. The molecule has 0 bridgehead atoms. The molecule has 3 radical (unpaired) electrons. The van der Waals surface area contributed by atoms with Crippen molar-refractivity contribution >= 4 is 19.9 Å². The molecule has 2 heterocycles. The summed E-state index contributed by atoms with van der Waals surface area (Å²) in [4.78, 5) is 4.57. The molecule has 0 atom stereocenters. The molecule has 3 rings (SSSR count). The summed E-state index contributed by atoms with van der Waals surface area (Å²) in [7, 11) is 0. The van der Waals surface area contributed by atoms with Crippen molar-refractivity contribution in [1.82, 2.24) is 4.98 Å². The molecule has 1 aromatic heterocycles. The van der Waals surface area contributed by atoms with Crippen LogP contribution in [0.3, 0.4) is 0 Å². The molecule has 3 nitrogen and oxygen atoms in total. The molecule has 1 N–H and O–H groups in total. The van der Waals surface area contributed by atoms with Gasteiger partial charge in [0.25, 0.3) is 0 Å². The Morgan fingerprint density at radius 1 is 1.18 bits per heavy atom. The van der Waals surface area contributed by atoms with Gasteiger partial charge >= 0.3 is 58.2 Å². The van der Waals surface area contributed by atoms with Crippen LogP contribution in [-0.4, -0.2) is 26.5 Å². The van der Waals surface area contributed by atoms with Gasteiger partial charge in [-0.3, -0.25) is 0 Å². The summed E-state index contributed by atoms with van der Waals surface area (Å²) in [5.41, 5.74) is 3.85. The minimum absolute atomic E-state index is 0. The molecule has 0 saturated carbocycles. The first kappa shape index (κ1) is 20.0. The van der Waals surface area contributed by atoms with Crippen LogP contribution in [0.2, 0.25) is 0 Å². The molecule has 0 unspecified atom stereocenters.